The lowest BCUT2D eigenvalue weighted by Crippen LogP contribution is -2.29. The summed E-state index contributed by atoms with van der Waals surface area (Å²) in [4.78, 5) is 23.2. The Hall–Kier alpha value is -2.96. The summed E-state index contributed by atoms with van der Waals surface area (Å²) in [5.41, 5.74) is -0.0187. The molecule has 5 nitrogen and oxygen atoms in total. The maximum absolute atomic E-state index is 13.3. The van der Waals surface area contributed by atoms with E-state index < -0.39 is 23.4 Å². The molecule has 2 amide bonds. The molecule has 3 N–H and O–H groups in total. The van der Waals surface area contributed by atoms with Gasteiger partial charge in [0.05, 0.1) is 5.69 Å². The molecule has 108 valence electrons. The van der Waals surface area contributed by atoms with Gasteiger partial charge in [0.15, 0.2) is 0 Å². The molecule has 0 fully saturated rings. The number of rotatable bonds is 2. The summed E-state index contributed by atoms with van der Waals surface area (Å²) in [7, 11) is 0. The number of carbonyl (C=O) groups is 2. The Morgan fingerprint density at radius 1 is 0.905 bits per heavy atom. The molecular weight excluding hydrogens is 282 g/mol. The van der Waals surface area contributed by atoms with Crippen LogP contribution in [0, 0.1) is 11.6 Å². The summed E-state index contributed by atoms with van der Waals surface area (Å²) in [6.07, 6.45) is 0. The number of benzene rings is 2. The Kier molecular flexibility index (Phi) is 4.13. The molecule has 0 aliphatic carbocycles. The van der Waals surface area contributed by atoms with E-state index in [0.717, 1.165) is 12.1 Å². The Morgan fingerprint density at radius 3 is 2.14 bits per heavy atom. The van der Waals surface area contributed by atoms with Crippen LogP contribution in [0.2, 0.25) is 0 Å². The third-order valence-electron chi connectivity index (χ3n) is 2.51. The zero-order valence-corrected chi connectivity index (χ0v) is 10.6. The van der Waals surface area contributed by atoms with Gasteiger partial charge in [-0.05, 0) is 36.4 Å². The SMILES string of the molecule is O=C(Nc1ccc(O)cc1)C(=O)Nc1ccc(F)cc1F. The van der Waals surface area contributed by atoms with Crippen LogP contribution >= 0.6 is 0 Å². The Balaban J connectivity index is 2.02. The van der Waals surface area contributed by atoms with Crippen molar-refractivity contribution in [3.63, 3.8) is 0 Å². The van der Waals surface area contributed by atoms with Crippen LogP contribution in [0.25, 0.3) is 0 Å². The maximum Gasteiger partial charge on any atom is 0.314 e. The highest BCUT2D eigenvalue weighted by atomic mass is 19.1. The molecule has 2 aromatic carbocycles. The van der Waals surface area contributed by atoms with Crippen molar-refractivity contribution >= 4 is 23.2 Å². The summed E-state index contributed by atoms with van der Waals surface area (Å²) >= 11 is 0. The van der Waals surface area contributed by atoms with Crippen molar-refractivity contribution in [3.8, 4) is 5.75 Å². The molecule has 0 aliphatic heterocycles. The summed E-state index contributed by atoms with van der Waals surface area (Å²) in [6.45, 7) is 0. The van der Waals surface area contributed by atoms with Gasteiger partial charge in [-0.1, -0.05) is 0 Å². The second kappa shape index (κ2) is 6.00. The zero-order chi connectivity index (χ0) is 15.4. The third kappa shape index (κ3) is 3.75. The quantitative estimate of drug-likeness (QED) is 0.587. The highest BCUT2D eigenvalue weighted by Gasteiger charge is 2.16. The molecule has 0 atom stereocenters. The first-order chi connectivity index (χ1) is 9.95. The smallest absolute Gasteiger partial charge is 0.314 e. The highest BCUT2D eigenvalue weighted by Crippen LogP contribution is 2.16. The van der Waals surface area contributed by atoms with Crippen molar-refractivity contribution in [2.24, 2.45) is 0 Å². The first kappa shape index (κ1) is 14.4. The number of nitrogens with one attached hydrogen (secondary N) is 2. The molecule has 2 aromatic rings. The number of aromatic hydroxyl groups is 1. The molecule has 0 bridgehead atoms. The number of carbonyl (C=O) groups excluding carboxylic acids is 2. The van der Waals surface area contributed by atoms with Crippen LogP contribution < -0.4 is 10.6 Å². The van der Waals surface area contributed by atoms with Crippen LogP contribution in [0.1, 0.15) is 0 Å². The predicted octanol–water partition coefficient (Wildman–Crippen LogP) is 2.25. The van der Waals surface area contributed by atoms with E-state index in [2.05, 4.69) is 5.32 Å². The van der Waals surface area contributed by atoms with Gasteiger partial charge in [-0.2, -0.15) is 0 Å². The molecule has 0 radical (unpaired) electrons. The minimum atomic E-state index is -1.10. The van der Waals surface area contributed by atoms with Crippen molar-refractivity contribution < 1.29 is 23.5 Å². The van der Waals surface area contributed by atoms with E-state index in [9.17, 15) is 18.4 Å². The maximum atomic E-state index is 13.3. The molecule has 0 saturated heterocycles. The van der Waals surface area contributed by atoms with Crippen LogP contribution in [-0.4, -0.2) is 16.9 Å². The van der Waals surface area contributed by atoms with E-state index in [1.54, 1.807) is 0 Å². The fourth-order valence-electron chi connectivity index (χ4n) is 1.50. The van der Waals surface area contributed by atoms with Crippen molar-refractivity contribution in [3.05, 3.63) is 54.1 Å². The topological polar surface area (TPSA) is 78.4 Å². The fraction of sp³-hybridized carbons (Fsp3) is 0. The predicted molar refractivity (Wildman–Crippen MR) is 71.7 cm³/mol. The van der Waals surface area contributed by atoms with E-state index in [4.69, 9.17) is 5.11 Å². The summed E-state index contributed by atoms with van der Waals surface area (Å²) in [6, 6.07) is 7.98. The van der Waals surface area contributed by atoms with Crippen molar-refractivity contribution in [1.29, 1.82) is 0 Å². The summed E-state index contributed by atoms with van der Waals surface area (Å²) < 4.78 is 26.0. The monoisotopic (exact) mass is 292 g/mol. The second-order valence-electron chi connectivity index (χ2n) is 4.08. The van der Waals surface area contributed by atoms with Crippen LogP contribution in [0.5, 0.6) is 5.75 Å². The van der Waals surface area contributed by atoms with E-state index in [0.29, 0.717) is 6.07 Å². The van der Waals surface area contributed by atoms with Crippen LogP contribution in [0.3, 0.4) is 0 Å². The zero-order valence-electron chi connectivity index (χ0n) is 10.6. The van der Waals surface area contributed by atoms with Crippen LogP contribution in [0.15, 0.2) is 42.5 Å². The van der Waals surface area contributed by atoms with E-state index in [1.807, 2.05) is 5.32 Å². The lowest BCUT2D eigenvalue weighted by Gasteiger charge is -2.07. The standard InChI is InChI=1S/C14H10F2N2O3/c15-8-1-6-12(11(16)7-8)18-14(21)13(20)17-9-2-4-10(19)5-3-9/h1-7,19H,(H,17,20)(H,18,21). The molecule has 0 heterocycles. The fourth-order valence-corrected chi connectivity index (χ4v) is 1.50. The molecule has 0 saturated carbocycles. The lowest BCUT2D eigenvalue weighted by atomic mass is 10.3. The minimum Gasteiger partial charge on any atom is -0.508 e. The molecule has 0 unspecified atom stereocenters. The van der Waals surface area contributed by atoms with Gasteiger partial charge in [-0.3, -0.25) is 9.59 Å². The molecule has 7 heteroatoms. The normalized spacial score (nSPS) is 10.0. The van der Waals surface area contributed by atoms with Gasteiger partial charge in [0.1, 0.15) is 17.4 Å². The van der Waals surface area contributed by atoms with Gasteiger partial charge in [-0.15, -0.1) is 0 Å². The van der Waals surface area contributed by atoms with Gasteiger partial charge in [0.25, 0.3) is 0 Å². The first-order valence-electron chi connectivity index (χ1n) is 5.82. The summed E-state index contributed by atoms with van der Waals surface area (Å²) in [5, 5.41) is 13.4. The van der Waals surface area contributed by atoms with Gasteiger partial charge in [-0.25, -0.2) is 8.78 Å². The molecule has 0 aliphatic rings. The Morgan fingerprint density at radius 2 is 1.52 bits per heavy atom. The van der Waals surface area contributed by atoms with E-state index >= 15 is 0 Å². The first-order valence-corrected chi connectivity index (χ1v) is 5.82. The lowest BCUT2D eigenvalue weighted by molar-refractivity contribution is -0.133. The highest BCUT2D eigenvalue weighted by molar-refractivity contribution is 6.43. The molecule has 0 aromatic heterocycles. The van der Waals surface area contributed by atoms with Crippen molar-refractivity contribution in [2.45, 2.75) is 0 Å². The Labute approximate surface area is 118 Å². The number of amides is 2. The minimum absolute atomic E-state index is 0.00540. The average molecular weight is 292 g/mol. The van der Waals surface area contributed by atoms with Gasteiger partial charge >= 0.3 is 11.8 Å². The molecule has 2 rings (SSSR count). The summed E-state index contributed by atoms with van der Waals surface area (Å²) in [5.74, 6) is -3.90. The number of halogens is 2. The van der Waals surface area contributed by atoms with E-state index in [-0.39, 0.29) is 17.1 Å². The number of anilines is 2. The van der Waals surface area contributed by atoms with Crippen molar-refractivity contribution in [2.75, 3.05) is 10.6 Å². The van der Waals surface area contributed by atoms with Crippen molar-refractivity contribution in [1.82, 2.24) is 0 Å². The van der Waals surface area contributed by atoms with Gasteiger partial charge < -0.3 is 15.7 Å². The Bertz CT molecular complexity index is 687. The molecule has 0 spiro atoms. The molecular formula is C14H10F2N2O3. The van der Waals surface area contributed by atoms with Gasteiger partial charge in [0.2, 0.25) is 0 Å². The third-order valence-corrected chi connectivity index (χ3v) is 2.51. The second-order valence-corrected chi connectivity index (χ2v) is 4.08. The number of hydrogen-bond donors (Lipinski definition) is 3. The number of phenolic OH excluding ortho intramolecular Hbond substituents is 1. The average Bonchev–Trinajstić information content (AvgIpc) is 2.44. The van der Waals surface area contributed by atoms with E-state index in [1.165, 1.54) is 24.3 Å². The van der Waals surface area contributed by atoms with Gasteiger partial charge in [0, 0.05) is 11.8 Å². The van der Waals surface area contributed by atoms with Crippen LogP contribution in [0.4, 0.5) is 20.2 Å². The number of hydrogen-bond acceptors (Lipinski definition) is 3. The van der Waals surface area contributed by atoms with Crippen LogP contribution in [-0.2, 0) is 9.59 Å². The molecule has 21 heavy (non-hydrogen) atoms. The largest absolute Gasteiger partial charge is 0.508 e. The number of phenols is 1.